The minimum absolute atomic E-state index is 0.0147. The van der Waals surface area contributed by atoms with Crippen molar-refractivity contribution in [1.29, 1.82) is 0 Å². The van der Waals surface area contributed by atoms with Gasteiger partial charge in [-0.05, 0) is 18.6 Å². The van der Waals surface area contributed by atoms with E-state index in [1.165, 1.54) is 18.2 Å². The molecule has 0 saturated carbocycles. The molecule has 2 aromatic rings. The number of nitro benzene ring substituents is 1. The quantitative estimate of drug-likeness (QED) is 0.487. The summed E-state index contributed by atoms with van der Waals surface area (Å²) in [7, 11) is 0. The number of nitrogens with one attached hydrogen (secondary N) is 1. The molecule has 1 aliphatic heterocycles. The molecule has 0 radical (unpaired) electrons. The Hall–Kier alpha value is -3.42. The van der Waals surface area contributed by atoms with E-state index in [1.54, 1.807) is 37.3 Å². The maximum Gasteiger partial charge on any atom is 0.325 e. The summed E-state index contributed by atoms with van der Waals surface area (Å²) in [4.78, 5) is 36.5. The lowest BCUT2D eigenvalue weighted by Gasteiger charge is -2.22. The summed E-state index contributed by atoms with van der Waals surface area (Å²) in [6.07, 6.45) is 0. The molecule has 0 aromatic heterocycles. The highest BCUT2D eigenvalue weighted by molar-refractivity contribution is 6.07. The summed E-state index contributed by atoms with van der Waals surface area (Å²) >= 11 is 0. The van der Waals surface area contributed by atoms with Crippen LogP contribution in [0.25, 0.3) is 0 Å². The Morgan fingerprint density at radius 2 is 1.77 bits per heavy atom. The number of nitrogens with zero attached hydrogens (tertiary/aromatic N) is 2. The van der Waals surface area contributed by atoms with Gasteiger partial charge in [0.05, 0.1) is 11.5 Å². The molecule has 134 valence electrons. The van der Waals surface area contributed by atoms with Crippen molar-refractivity contribution in [2.24, 2.45) is 0 Å². The average Bonchev–Trinajstić information content (AvgIpc) is 2.86. The zero-order valence-electron chi connectivity index (χ0n) is 14.0. The van der Waals surface area contributed by atoms with E-state index in [1.807, 2.05) is 6.07 Å². The minimum atomic E-state index is -1.14. The SMILES string of the molecule is C[C@]1(c2ccccc2)NC(=O)N(CCOc2ccccc2[N+](=O)[O-])C1=O. The molecular weight excluding hydrogens is 338 g/mol. The van der Waals surface area contributed by atoms with Crippen molar-refractivity contribution in [3.63, 3.8) is 0 Å². The molecule has 26 heavy (non-hydrogen) atoms. The lowest BCUT2D eigenvalue weighted by molar-refractivity contribution is -0.385. The van der Waals surface area contributed by atoms with Gasteiger partial charge in [0, 0.05) is 6.07 Å². The number of hydrogen-bond donors (Lipinski definition) is 1. The molecule has 0 aliphatic carbocycles. The number of rotatable bonds is 6. The fraction of sp³-hybridized carbons (Fsp3) is 0.222. The van der Waals surface area contributed by atoms with Gasteiger partial charge >= 0.3 is 11.7 Å². The van der Waals surface area contributed by atoms with Crippen molar-refractivity contribution in [2.75, 3.05) is 13.2 Å². The third kappa shape index (κ3) is 3.08. The number of benzene rings is 2. The zero-order valence-corrected chi connectivity index (χ0v) is 14.0. The number of carbonyl (C=O) groups is 2. The molecule has 0 unspecified atom stereocenters. The number of para-hydroxylation sites is 2. The first-order chi connectivity index (χ1) is 12.4. The van der Waals surface area contributed by atoms with E-state index in [0.29, 0.717) is 5.56 Å². The zero-order chi connectivity index (χ0) is 18.7. The Labute approximate surface area is 149 Å². The Balaban J connectivity index is 1.69. The fourth-order valence-corrected chi connectivity index (χ4v) is 2.84. The van der Waals surface area contributed by atoms with Crippen molar-refractivity contribution < 1.29 is 19.2 Å². The summed E-state index contributed by atoms with van der Waals surface area (Å²) < 4.78 is 5.42. The Kier molecular flexibility index (Phi) is 4.57. The lowest BCUT2D eigenvalue weighted by atomic mass is 9.92. The van der Waals surface area contributed by atoms with Gasteiger partial charge in [0.25, 0.3) is 5.91 Å². The van der Waals surface area contributed by atoms with Crippen LogP contribution in [0, 0.1) is 10.1 Å². The van der Waals surface area contributed by atoms with Gasteiger partial charge in [-0.2, -0.15) is 0 Å². The van der Waals surface area contributed by atoms with Crippen LogP contribution >= 0.6 is 0 Å². The highest BCUT2D eigenvalue weighted by atomic mass is 16.6. The number of urea groups is 1. The van der Waals surface area contributed by atoms with Crippen LogP contribution in [-0.4, -0.2) is 34.9 Å². The smallest absolute Gasteiger partial charge is 0.325 e. The monoisotopic (exact) mass is 355 g/mol. The van der Waals surface area contributed by atoms with Crippen LogP contribution in [0.4, 0.5) is 10.5 Å². The molecule has 3 amide bonds. The minimum Gasteiger partial charge on any atom is -0.485 e. The molecule has 8 nitrogen and oxygen atoms in total. The molecule has 0 spiro atoms. The van der Waals surface area contributed by atoms with Gasteiger partial charge < -0.3 is 10.1 Å². The predicted molar refractivity (Wildman–Crippen MR) is 92.6 cm³/mol. The van der Waals surface area contributed by atoms with E-state index >= 15 is 0 Å². The number of amides is 3. The second-order valence-electron chi connectivity index (χ2n) is 5.95. The van der Waals surface area contributed by atoms with Crippen molar-refractivity contribution in [2.45, 2.75) is 12.5 Å². The Morgan fingerprint density at radius 1 is 1.12 bits per heavy atom. The molecule has 1 heterocycles. The average molecular weight is 355 g/mol. The molecule has 1 aliphatic rings. The van der Waals surface area contributed by atoms with Gasteiger partial charge in [0.15, 0.2) is 5.75 Å². The predicted octanol–water partition coefficient (Wildman–Crippen LogP) is 2.44. The van der Waals surface area contributed by atoms with Crippen molar-refractivity contribution >= 4 is 17.6 Å². The molecule has 8 heteroatoms. The van der Waals surface area contributed by atoms with E-state index in [2.05, 4.69) is 5.32 Å². The largest absolute Gasteiger partial charge is 0.485 e. The second-order valence-corrected chi connectivity index (χ2v) is 5.95. The lowest BCUT2D eigenvalue weighted by Crippen LogP contribution is -2.41. The standard InChI is InChI=1S/C18H17N3O5/c1-18(13-7-3-2-4-8-13)16(22)20(17(23)19-18)11-12-26-15-10-6-5-9-14(15)21(24)25/h2-10H,11-12H2,1H3,(H,19,23)/t18-/m1/s1. The third-order valence-corrected chi connectivity index (χ3v) is 4.26. The van der Waals surface area contributed by atoms with Crippen molar-refractivity contribution in [3.8, 4) is 5.75 Å². The molecule has 1 atom stereocenters. The van der Waals surface area contributed by atoms with E-state index in [0.717, 1.165) is 4.90 Å². The Morgan fingerprint density at radius 3 is 2.46 bits per heavy atom. The Bertz CT molecular complexity index is 855. The van der Waals surface area contributed by atoms with Gasteiger partial charge in [-0.25, -0.2) is 4.79 Å². The van der Waals surface area contributed by atoms with E-state index in [9.17, 15) is 19.7 Å². The number of hydrogen-bond acceptors (Lipinski definition) is 5. The molecule has 1 N–H and O–H groups in total. The normalized spacial score (nSPS) is 19.3. The number of imide groups is 1. The summed E-state index contributed by atoms with van der Waals surface area (Å²) in [5, 5.41) is 13.7. The van der Waals surface area contributed by atoms with E-state index in [4.69, 9.17) is 4.74 Å². The molecule has 3 rings (SSSR count). The highest BCUT2D eigenvalue weighted by Gasteiger charge is 2.48. The molecule has 1 fully saturated rings. The van der Waals surface area contributed by atoms with Crippen LogP contribution < -0.4 is 10.1 Å². The van der Waals surface area contributed by atoms with E-state index in [-0.39, 0.29) is 30.5 Å². The topological polar surface area (TPSA) is 102 Å². The number of ether oxygens (including phenoxy) is 1. The van der Waals surface area contributed by atoms with Gasteiger partial charge in [-0.15, -0.1) is 0 Å². The summed E-state index contributed by atoms with van der Waals surface area (Å²) in [6.45, 7) is 1.58. The first kappa shape index (κ1) is 17.4. The van der Waals surface area contributed by atoms with Gasteiger partial charge in [0.1, 0.15) is 12.1 Å². The van der Waals surface area contributed by atoms with Crippen LogP contribution in [0.2, 0.25) is 0 Å². The van der Waals surface area contributed by atoms with Gasteiger partial charge in [-0.3, -0.25) is 19.8 Å². The summed E-state index contributed by atoms with van der Waals surface area (Å²) in [5.74, 6) is -0.296. The number of carbonyl (C=O) groups excluding carboxylic acids is 2. The molecular formula is C18H17N3O5. The van der Waals surface area contributed by atoms with Gasteiger partial charge in [0.2, 0.25) is 0 Å². The van der Waals surface area contributed by atoms with Crippen LogP contribution in [0.1, 0.15) is 12.5 Å². The van der Waals surface area contributed by atoms with Crippen LogP contribution in [0.5, 0.6) is 5.75 Å². The van der Waals surface area contributed by atoms with Crippen LogP contribution in [0.3, 0.4) is 0 Å². The van der Waals surface area contributed by atoms with Crippen LogP contribution in [0.15, 0.2) is 54.6 Å². The first-order valence-electron chi connectivity index (χ1n) is 7.99. The second kappa shape index (κ2) is 6.83. The van der Waals surface area contributed by atoms with Crippen molar-refractivity contribution in [3.05, 3.63) is 70.3 Å². The molecule has 0 bridgehead atoms. The van der Waals surface area contributed by atoms with Crippen molar-refractivity contribution in [1.82, 2.24) is 10.2 Å². The van der Waals surface area contributed by atoms with Gasteiger partial charge in [-0.1, -0.05) is 42.5 Å². The van der Waals surface area contributed by atoms with Crippen LogP contribution in [-0.2, 0) is 10.3 Å². The summed E-state index contributed by atoms with van der Waals surface area (Å²) in [6, 6.07) is 14.4. The van der Waals surface area contributed by atoms with E-state index < -0.39 is 16.5 Å². The molecule has 2 aromatic carbocycles. The molecule has 1 saturated heterocycles. The first-order valence-corrected chi connectivity index (χ1v) is 7.99. The maximum atomic E-state index is 12.7. The third-order valence-electron chi connectivity index (χ3n) is 4.26. The maximum absolute atomic E-state index is 12.7. The fourth-order valence-electron chi connectivity index (χ4n) is 2.84. The summed E-state index contributed by atoms with van der Waals surface area (Å²) in [5.41, 5.74) is -0.629. The number of nitro groups is 1. The highest BCUT2D eigenvalue weighted by Crippen LogP contribution is 2.29.